The summed E-state index contributed by atoms with van der Waals surface area (Å²) in [6.07, 6.45) is 0. The minimum Gasteiger partial charge on any atom is -0.300 e. The van der Waals surface area contributed by atoms with E-state index in [1.807, 2.05) is 43.5 Å². The normalized spacial score (nSPS) is 11.2. The predicted molar refractivity (Wildman–Crippen MR) is 133 cm³/mol. The molecule has 33 heavy (non-hydrogen) atoms. The van der Waals surface area contributed by atoms with Crippen molar-refractivity contribution in [1.29, 1.82) is 0 Å². The highest BCUT2D eigenvalue weighted by atomic mass is 32.2. The van der Waals surface area contributed by atoms with Crippen molar-refractivity contribution >= 4 is 38.1 Å². The van der Waals surface area contributed by atoms with Gasteiger partial charge < -0.3 is 5.32 Å². The second-order valence-corrected chi connectivity index (χ2v) is 10.3. The molecule has 168 valence electrons. The summed E-state index contributed by atoms with van der Waals surface area (Å²) >= 11 is 1.29. The fourth-order valence-electron chi connectivity index (χ4n) is 3.22. The number of hydrogen-bond donors (Lipinski definition) is 1. The van der Waals surface area contributed by atoms with E-state index >= 15 is 0 Å². The molecule has 0 saturated heterocycles. The minimum atomic E-state index is -3.94. The van der Waals surface area contributed by atoms with Gasteiger partial charge in [-0.3, -0.25) is 9.10 Å². The molecule has 0 aliphatic rings. The lowest BCUT2D eigenvalue weighted by atomic mass is 10.1. The summed E-state index contributed by atoms with van der Waals surface area (Å²) in [6.45, 7) is 3.52. The van der Waals surface area contributed by atoms with E-state index in [-0.39, 0.29) is 11.4 Å². The van der Waals surface area contributed by atoms with Crippen molar-refractivity contribution in [2.45, 2.75) is 18.7 Å². The van der Waals surface area contributed by atoms with Crippen LogP contribution in [0.2, 0.25) is 0 Å². The number of nitrogens with one attached hydrogen (secondary N) is 1. The van der Waals surface area contributed by atoms with Gasteiger partial charge in [-0.15, -0.1) is 11.3 Å². The number of carbonyl (C=O) groups excluding carboxylic acids is 1. The Balaban J connectivity index is 1.56. The third-order valence-electron chi connectivity index (χ3n) is 5.04. The number of thiazole rings is 1. The van der Waals surface area contributed by atoms with Gasteiger partial charge in [0.15, 0.2) is 5.13 Å². The van der Waals surface area contributed by atoms with Crippen molar-refractivity contribution in [2.24, 2.45) is 0 Å². The van der Waals surface area contributed by atoms with Crippen molar-refractivity contribution in [3.05, 3.63) is 95.4 Å². The number of benzene rings is 3. The van der Waals surface area contributed by atoms with E-state index in [0.717, 1.165) is 26.7 Å². The largest absolute Gasteiger partial charge is 0.300 e. The zero-order chi connectivity index (χ0) is 23.4. The van der Waals surface area contributed by atoms with Crippen LogP contribution in [0.5, 0.6) is 0 Å². The SMILES string of the molecule is Cc1ccc(-c2csc(NC(=O)CN(c3ccccc3)S(=O)(=O)c3ccc(C)cc3)n2)cc1. The molecule has 0 saturated carbocycles. The summed E-state index contributed by atoms with van der Waals surface area (Å²) in [4.78, 5) is 17.5. The molecule has 0 unspecified atom stereocenters. The summed E-state index contributed by atoms with van der Waals surface area (Å²) in [7, 11) is -3.94. The maximum atomic E-state index is 13.4. The summed E-state index contributed by atoms with van der Waals surface area (Å²) in [6, 6.07) is 23.1. The van der Waals surface area contributed by atoms with Crippen LogP contribution in [0.4, 0.5) is 10.8 Å². The lowest BCUT2D eigenvalue weighted by Gasteiger charge is -2.24. The van der Waals surface area contributed by atoms with Crippen LogP contribution in [0.25, 0.3) is 11.3 Å². The number of hydrogen-bond acceptors (Lipinski definition) is 5. The second kappa shape index (κ2) is 9.56. The molecule has 0 atom stereocenters. The van der Waals surface area contributed by atoms with E-state index < -0.39 is 15.9 Å². The first-order chi connectivity index (χ1) is 15.8. The number of carbonyl (C=O) groups is 1. The highest BCUT2D eigenvalue weighted by molar-refractivity contribution is 7.92. The van der Waals surface area contributed by atoms with Gasteiger partial charge in [0.05, 0.1) is 16.3 Å². The molecule has 4 rings (SSSR count). The van der Waals surface area contributed by atoms with Crippen LogP contribution < -0.4 is 9.62 Å². The topological polar surface area (TPSA) is 79.4 Å². The van der Waals surface area contributed by atoms with Crippen molar-refractivity contribution in [1.82, 2.24) is 4.98 Å². The lowest BCUT2D eigenvalue weighted by molar-refractivity contribution is -0.114. The summed E-state index contributed by atoms with van der Waals surface area (Å²) in [5, 5.41) is 5.01. The van der Waals surface area contributed by atoms with E-state index in [4.69, 9.17) is 0 Å². The number of anilines is 2. The summed E-state index contributed by atoms with van der Waals surface area (Å²) < 4.78 is 27.9. The maximum Gasteiger partial charge on any atom is 0.264 e. The zero-order valence-corrected chi connectivity index (χ0v) is 19.9. The second-order valence-electron chi connectivity index (χ2n) is 7.61. The third kappa shape index (κ3) is 5.30. The number of aryl methyl sites for hydroxylation is 2. The van der Waals surface area contributed by atoms with Gasteiger partial charge in [-0.1, -0.05) is 65.7 Å². The molecular formula is C25H23N3O3S2. The van der Waals surface area contributed by atoms with E-state index in [0.29, 0.717) is 10.8 Å². The van der Waals surface area contributed by atoms with Crippen LogP contribution in [0, 0.1) is 13.8 Å². The first-order valence-electron chi connectivity index (χ1n) is 10.3. The average molecular weight is 478 g/mol. The number of para-hydroxylation sites is 1. The van der Waals surface area contributed by atoms with E-state index in [1.165, 1.54) is 11.3 Å². The van der Waals surface area contributed by atoms with Crippen LogP contribution in [0.3, 0.4) is 0 Å². The molecule has 1 aromatic heterocycles. The van der Waals surface area contributed by atoms with Crippen LogP contribution >= 0.6 is 11.3 Å². The van der Waals surface area contributed by atoms with Crippen LogP contribution in [-0.2, 0) is 14.8 Å². The molecule has 6 nitrogen and oxygen atoms in total. The lowest BCUT2D eigenvalue weighted by Crippen LogP contribution is -2.38. The minimum absolute atomic E-state index is 0.126. The van der Waals surface area contributed by atoms with Gasteiger partial charge in [-0.25, -0.2) is 13.4 Å². The van der Waals surface area contributed by atoms with Crippen molar-refractivity contribution in [3.63, 3.8) is 0 Å². The first-order valence-corrected chi connectivity index (χ1v) is 12.6. The van der Waals surface area contributed by atoms with Gasteiger partial charge in [-0.2, -0.15) is 0 Å². The Morgan fingerprint density at radius 2 is 1.52 bits per heavy atom. The molecule has 0 radical (unpaired) electrons. The quantitative estimate of drug-likeness (QED) is 0.394. The fraction of sp³-hybridized carbons (Fsp3) is 0.120. The third-order valence-corrected chi connectivity index (χ3v) is 7.58. The van der Waals surface area contributed by atoms with Gasteiger partial charge in [0, 0.05) is 10.9 Å². The molecule has 0 spiro atoms. The Labute approximate surface area is 197 Å². The Bertz CT molecular complexity index is 1350. The Hall–Kier alpha value is -3.49. The van der Waals surface area contributed by atoms with Crippen molar-refractivity contribution in [2.75, 3.05) is 16.2 Å². The van der Waals surface area contributed by atoms with Gasteiger partial charge in [0.25, 0.3) is 10.0 Å². The number of rotatable bonds is 7. The number of sulfonamides is 1. The molecule has 8 heteroatoms. The Morgan fingerprint density at radius 1 is 0.909 bits per heavy atom. The highest BCUT2D eigenvalue weighted by Gasteiger charge is 2.27. The molecule has 0 fully saturated rings. The van der Waals surface area contributed by atoms with Gasteiger partial charge in [-0.05, 0) is 38.1 Å². The smallest absolute Gasteiger partial charge is 0.264 e. The highest BCUT2D eigenvalue weighted by Crippen LogP contribution is 2.26. The Kier molecular flexibility index (Phi) is 6.57. The molecule has 1 amide bonds. The van der Waals surface area contributed by atoms with Gasteiger partial charge in [0.1, 0.15) is 6.54 Å². The fourth-order valence-corrected chi connectivity index (χ4v) is 5.38. The standard InChI is InChI=1S/C25H23N3O3S2/c1-18-8-12-20(13-9-18)23-17-32-25(26-23)27-24(29)16-28(21-6-4-3-5-7-21)33(30,31)22-14-10-19(2)11-15-22/h3-15,17H,16H2,1-2H3,(H,26,27,29). The van der Waals surface area contributed by atoms with Crippen molar-refractivity contribution in [3.8, 4) is 11.3 Å². The van der Waals surface area contributed by atoms with E-state index in [9.17, 15) is 13.2 Å². The molecule has 0 bridgehead atoms. The number of aromatic nitrogens is 1. The maximum absolute atomic E-state index is 13.4. The molecule has 4 aromatic rings. The Morgan fingerprint density at radius 3 is 2.15 bits per heavy atom. The number of nitrogens with zero attached hydrogens (tertiary/aromatic N) is 2. The average Bonchev–Trinajstić information content (AvgIpc) is 3.27. The monoisotopic (exact) mass is 477 g/mol. The zero-order valence-electron chi connectivity index (χ0n) is 18.2. The molecule has 3 aromatic carbocycles. The van der Waals surface area contributed by atoms with E-state index in [1.54, 1.807) is 54.6 Å². The summed E-state index contributed by atoms with van der Waals surface area (Å²) in [5.41, 5.74) is 4.21. The van der Waals surface area contributed by atoms with Crippen molar-refractivity contribution < 1.29 is 13.2 Å². The van der Waals surface area contributed by atoms with Crippen LogP contribution in [-0.4, -0.2) is 25.9 Å². The first kappa shape index (κ1) is 22.7. The van der Waals surface area contributed by atoms with E-state index in [2.05, 4.69) is 10.3 Å². The molecule has 1 heterocycles. The van der Waals surface area contributed by atoms with Gasteiger partial charge in [0.2, 0.25) is 5.91 Å². The molecule has 0 aliphatic heterocycles. The molecular weight excluding hydrogens is 454 g/mol. The van der Waals surface area contributed by atoms with Gasteiger partial charge >= 0.3 is 0 Å². The summed E-state index contributed by atoms with van der Waals surface area (Å²) in [5.74, 6) is -0.473. The predicted octanol–water partition coefficient (Wildman–Crippen LogP) is 5.26. The number of amides is 1. The molecule has 0 aliphatic carbocycles. The van der Waals surface area contributed by atoms with Crippen LogP contribution in [0.1, 0.15) is 11.1 Å². The molecule has 1 N–H and O–H groups in total. The van der Waals surface area contributed by atoms with Crippen LogP contribution in [0.15, 0.2) is 89.1 Å².